The van der Waals surface area contributed by atoms with E-state index in [0.717, 1.165) is 24.4 Å². The van der Waals surface area contributed by atoms with Gasteiger partial charge in [0.15, 0.2) is 0 Å². The number of nitrogens with zero attached hydrogens (tertiary/aromatic N) is 4. The van der Waals surface area contributed by atoms with Crippen LogP contribution in [0.1, 0.15) is 37.9 Å². The van der Waals surface area contributed by atoms with Crippen molar-refractivity contribution in [1.29, 1.82) is 0 Å². The third kappa shape index (κ3) is 6.08. The van der Waals surface area contributed by atoms with E-state index < -0.39 is 0 Å². The lowest BCUT2D eigenvalue weighted by atomic mass is 10.0. The van der Waals surface area contributed by atoms with E-state index in [-0.39, 0.29) is 18.1 Å². The highest BCUT2D eigenvalue weighted by molar-refractivity contribution is 5.73. The van der Waals surface area contributed by atoms with Crippen LogP contribution in [-0.4, -0.2) is 51.4 Å². The minimum absolute atomic E-state index is 0.0952. The van der Waals surface area contributed by atoms with Crippen LogP contribution in [0.2, 0.25) is 0 Å². The lowest BCUT2D eigenvalue weighted by Gasteiger charge is -2.41. The van der Waals surface area contributed by atoms with Crippen molar-refractivity contribution in [2.45, 2.75) is 39.5 Å². The second kappa shape index (κ2) is 10.4. The zero-order chi connectivity index (χ0) is 23.2. The van der Waals surface area contributed by atoms with E-state index in [4.69, 9.17) is 9.47 Å². The predicted octanol–water partition coefficient (Wildman–Crippen LogP) is 4.46. The summed E-state index contributed by atoms with van der Waals surface area (Å²) in [5.41, 5.74) is 2.30. The molecule has 1 atom stereocenters. The first-order chi connectivity index (χ1) is 16.0. The van der Waals surface area contributed by atoms with Crippen molar-refractivity contribution >= 4 is 5.91 Å². The molecule has 2 heterocycles. The van der Waals surface area contributed by atoms with Gasteiger partial charge < -0.3 is 14.4 Å². The molecule has 3 aromatic rings. The lowest BCUT2D eigenvalue weighted by Crippen LogP contribution is -2.49. The van der Waals surface area contributed by atoms with Crippen molar-refractivity contribution in [2.75, 3.05) is 19.6 Å². The summed E-state index contributed by atoms with van der Waals surface area (Å²) in [6.45, 7) is 8.59. The van der Waals surface area contributed by atoms with Crippen molar-refractivity contribution in [2.24, 2.45) is 0 Å². The summed E-state index contributed by atoms with van der Waals surface area (Å²) in [6.07, 6.45) is 3.44. The number of aromatic nitrogens is 2. The van der Waals surface area contributed by atoms with Gasteiger partial charge in [-0.2, -0.15) is 0 Å². The van der Waals surface area contributed by atoms with Crippen LogP contribution in [-0.2, 0) is 11.3 Å². The summed E-state index contributed by atoms with van der Waals surface area (Å²) < 4.78 is 11.6. The quantitative estimate of drug-likeness (QED) is 0.534. The van der Waals surface area contributed by atoms with Gasteiger partial charge in [0, 0.05) is 45.5 Å². The Kier molecular flexibility index (Phi) is 7.19. The molecule has 0 radical (unpaired) electrons. The Balaban J connectivity index is 1.52. The number of carbonyl (C=O) groups excluding carboxylic acids is 1. The number of amides is 1. The monoisotopic (exact) mass is 446 g/mol. The highest BCUT2D eigenvalue weighted by Gasteiger charge is 2.29. The molecule has 172 valence electrons. The molecule has 7 nitrogen and oxygen atoms in total. The standard InChI is InChI=1S/C26H30N4O3/c1-19(2)32-23-10-8-22(9-11-23)25-18-29(20(3)31)14-15-30(25)17-21-6-4-7-24(16-21)33-26-27-12-5-13-28-26/h4-13,16,19,25H,14-15,17-18H2,1-3H3/t25-/m0/s1. The summed E-state index contributed by atoms with van der Waals surface area (Å²) in [5.74, 6) is 1.66. The van der Waals surface area contributed by atoms with Gasteiger partial charge in [0.2, 0.25) is 5.91 Å². The van der Waals surface area contributed by atoms with Gasteiger partial charge in [-0.15, -0.1) is 0 Å². The largest absolute Gasteiger partial charge is 0.491 e. The number of rotatable bonds is 7. The highest BCUT2D eigenvalue weighted by Crippen LogP contribution is 2.30. The van der Waals surface area contributed by atoms with Crippen LogP contribution < -0.4 is 9.47 Å². The van der Waals surface area contributed by atoms with Crippen molar-refractivity contribution in [3.8, 4) is 17.5 Å². The van der Waals surface area contributed by atoms with Gasteiger partial charge in [0.25, 0.3) is 0 Å². The third-order valence-electron chi connectivity index (χ3n) is 5.61. The summed E-state index contributed by atoms with van der Waals surface area (Å²) in [7, 11) is 0. The SMILES string of the molecule is CC(=O)N1CCN(Cc2cccc(Oc3ncccn3)c2)[C@H](c2ccc(OC(C)C)cc2)C1. The molecule has 2 aromatic carbocycles. The zero-order valence-corrected chi connectivity index (χ0v) is 19.3. The maximum Gasteiger partial charge on any atom is 0.321 e. The molecule has 1 saturated heterocycles. The fourth-order valence-electron chi connectivity index (χ4n) is 4.04. The molecule has 1 aliphatic rings. The van der Waals surface area contributed by atoms with Crippen LogP contribution in [0.3, 0.4) is 0 Å². The van der Waals surface area contributed by atoms with Crippen LogP contribution >= 0.6 is 0 Å². The average molecular weight is 447 g/mol. The Hall–Kier alpha value is -3.45. The van der Waals surface area contributed by atoms with Gasteiger partial charge in [-0.25, -0.2) is 9.97 Å². The van der Waals surface area contributed by atoms with E-state index in [1.54, 1.807) is 25.4 Å². The fourth-order valence-corrected chi connectivity index (χ4v) is 4.04. The molecule has 1 aromatic heterocycles. The molecule has 33 heavy (non-hydrogen) atoms. The molecule has 0 bridgehead atoms. The number of hydrogen-bond acceptors (Lipinski definition) is 6. The summed E-state index contributed by atoms with van der Waals surface area (Å²) >= 11 is 0. The average Bonchev–Trinajstić information content (AvgIpc) is 2.80. The van der Waals surface area contributed by atoms with E-state index in [1.165, 1.54) is 5.56 Å². The van der Waals surface area contributed by atoms with Crippen LogP contribution in [0.5, 0.6) is 17.5 Å². The fraction of sp³-hybridized carbons (Fsp3) is 0.346. The van der Waals surface area contributed by atoms with E-state index in [0.29, 0.717) is 24.8 Å². The minimum Gasteiger partial charge on any atom is -0.491 e. The minimum atomic E-state index is 0.0952. The van der Waals surface area contributed by atoms with Gasteiger partial charge in [0.1, 0.15) is 11.5 Å². The lowest BCUT2D eigenvalue weighted by molar-refractivity contribution is -0.132. The van der Waals surface area contributed by atoms with E-state index in [9.17, 15) is 4.79 Å². The summed E-state index contributed by atoms with van der Waals surface area (Å²) in [4.78, 5) is 24.7. The molecule has 1 fully saturated rings. The molecule has 0 spiro atoms. The maximum atomic E-state index is 12.1. The highest BCUT2D eigenvalue weighted by atomic mass is 16.5. The normalized spacial score (nSPS) is 16.6. The van der Waals surface area contributed by atoms with Gasteiger partial charge in [-0.1, -0.05) is 24.3 Å². The van der Waals surface area contributed by atoms with Gasteiger partial charge in [-0.05, 0) is 55.3 Å². The number of ether oxygens (including phenoxy) is 2. The molecular weight excluding hydrogens is 416 g/mol. The van der Waals surface area contributed by atoms with Crippen molar-refractivity contribution in [1.82, 2.24) is 19.8 Å². The molecule has 4 rings (SSSR count). The van der Waals surface area contributed by atoms with Crippen LogP contribution in [0, 0.1) is 0 Å². The Morgan fingerprint density at radius 2 is 1.79 bits per heavy atom. The first-order valence-electron chi connectivity index (χ1n) is 11.3. The number of carbonyl (C=O) groups is 1. The number of piperazine rings is 1. The topological polar surface area (TPSA) is 67.8 Å². The molecule has 0 saturated carbocycles. The van der Waals surface area contributed by atoms with Crippen molar-refractivity contribution in [3.05, 3.63) is 78.1 Å². The second-order valence-corrected chi connectivity index (χ2v) is 8.47. The zero-order valence-electron chi connectivity index (χ0n) is 19.3. The van der Waals surface area contributed by atoms with Gasteiger partial charge >= 0.3 is 6.01 Å². The van der Waals surface area contributed by atoms with E-state index in [1.807, 2.05) is 49.1 Å². The van der Waals surface area contributed by atoms with Crippen LogP contribution in [0.4, 0.5) is 0 Å². The number of benzene rings is 2. The van der Waals surface area contributed by atoms with Crippen LogP contribution in [0.25, 0.3) is 0 Å². The molecule has 1 amide bonds. The summed E-state index contributed by atoms with van der Waals surface area (Å²) in [6, 6.07) is 18.4. The van der Waals surface area contributed by atoms with Crippen molar-refractivity contribution in [3.63, 3.8) is 0 Å². The molecule has 0 unspecified atom stereocenters. The summed E-state index contributed by atoms with van der Waals surface area (Å²) in [5, 5.41) is 0. The molecule has 1 aliphatic heterocycles. The van der Waals surface area contributed by atoms with Gasteiger partial charge in [0.05, 0.1) is 12.1 Å². The smallest absolute Gasteiger partial charge is 0.321 e. The van der Waals surface area contributed by atoms with E-state index in [2.05, 4.69) is 33.1 Å². The van der Waals surface area contributed by atoms with E-state index >= 15 is 0 Å². The van der Waals surface area contributed by atoms with Crippen LogP contribution in [0.15, 0.2) is 67.0 Å². The third-order valence-corrected chi connectivity index (χ3v) is 5.61. The molecule has 0 N–H and O–H groups in total. The molecule has 0 aliphatic carbocycles. The van der Waals surface area contributed by atoms with Crippen molar-refractivity contribution < 1.29 is 14.3 Å². The Labute approximate surface area is 195 Å². The molecular formula is C26H30N4O3. The Morgan fingerprint density at radius 3 is 2.48 bits per heavy atom. The second-order valence-electron chi connectivity index (χ2n) is 8.47. The Bertz CT molecular complexity index is 1060. The number of hydrogen-bond donors (Lipinski definition) is 0. The predicted molar refractivity (Wildman–Crippen MR) is 126 cm³/mol. The first kappa shape index (κ1) is 22.7. The van der Waals surface area contributed by atoms with Gasteiger partial charge in [-0.3, -0.25) is 9.69 Å². The Morgan fingerprint density at radius 1 is 1.03 bits per heavy atom. The maximum absolute atomic E-state index is 12.1. The molecule has 7 heteroatoms. The first-order valence-corrected chi connectivity index (χ1v) is 11.3.